The molecule has 0 atom stereocenters. The van der Waals surface area contributed by atoms with Crippen LogP contribution in [0.15, 0.2) is 0 Å². The zero-order chi connectivity index (χ0) is 8.74. The van der Waals surface area contributed by atoms with Gasteiger partial charge in [-0.05, 0) is 19.5 Å². The first-order valence-corrected chi connectivity index (χ1v) is 3.97. The summed E-state index contributed by atoms with van der Waals surface area (Å²) in [5.41, 5.74) is 0. The number of hydrogen-bond donors (Lipinski definition) is 1. The lowest BCUT2D eigenvalue weighted by Crippen LogP contribution is -2.13. The van der Waals surface area contributed by atoms with Crippen LogP contribution >= 0.6 is 0 Å². The van der Waals surface area contributed by atoms with Gasteiger partial charge in [0, 0.05) is 13.7 Å². The number of hydrogen-bond acceptors (Lipinski definition) is 1. The third-order valence-electron chi connectivity index (χ3n) is 1.03. The summed E-state index contributed by atoms with van der Waals surface area (Å²) in [6.07, 6.45) is 1.86. The SMILES string of the molecule is [3H][Si]([3H])([3H])CCCCNCC. The van der Waals surface area contributed by atoms with E-state index in [1.807, 2.05) is 0 Å². The molecule has 2 heteroatoms. The molecule has 0 spiro atoms. The summed E-state index contributed by atoms with van der Waals surface area (Å²) in [5.74, 6) is 0. The third-order valence-corrected chi connectivity index (χ3v) is 1.38. The van der Waals surface area contributed by atoms with Crippen LogP contribution in [0.25, 0.3) is 0 Å². The fourth-order valence-corrected chi connectivity index (χ4v) is 0.802. The molecule has 0 aromatic heterocycles. The molecule has 0 fully saturated rings. The minimum absolute atomic E-state index is 0.485. The highest BCUT2D eigenvalue weighted by molar-refractivity contribution is 6.08. The van der Waals surface area contributed by atoms with Crippen molar-refractivity contribution in [3.05, 3.63) is 0 Å². The van der Waals surface area contributed by atoms with Crippen LogP contribution in [0.5, 0.6) is 0 Å². The van der Waals surface area contributed by atoms with Crippen molar-refractivity contribution < 1.29 is 0 Å². The molecule has 0 aromatic rings. The zero-order valence-corrected chi connectivity index (χ0v) is 6.54. The molecule has 0 aliphatic heterocycles. The second-order valence-corrected chi connectivity index (χ2v) is 2.31. The van der Waals surface area contributed by atoms with E-state index in [1.54, 1.807) is 0 Å². The highest BCUT2D eigenvalue weighted by Crippen LogP contribution is 1.88. The van der Waals surface area contributed by atoms with E-state index in [9.17, 15) is 0 Å². The Hall–Kier alpha value is 0.177. The van der Waals surface area contributed by atoms with Crippen LogP contribution in [0, 0.1) is 0 Å². The topological polar surface area (TPSA) is 12.0 Å². The van der Waals surface area contributed by atoms with Crippen molar-refractivity contribution in [3.63, 3.8) is 0 Å². The maximum Gasteiger partial charge on any atom is 0.00729 e. The molecule has 0 saturated heterocycles. The summed E-state index contributed by atoms with van der Waals surface area (Å²) in [6.45, 7) is 3.99. The minimum atomic E-state index is -3.00. The monoisotopic (exact) mass is 137 g/mol. The number of rotatable bonds is 6. The molecule has 50 valence electrons. The van der Waals surface area contributed by atoms with Gasteiger partial charge in [0.25, 0.3) is 0 Å². The summed E-state index contributed by atoms with van der Waals surface area (Å²) in [4.78, 5) is 0. The van der Waals surface area contributed by atoms with Crippen LogP contribution in [0.2, 0.25) is 6.04 Å². The standard InChI is InChI=1S/C6H17NSi/c1-2-7-5-3-4-6-8/h7H,2-6H2,1,8H3/i8T3. The minimum Gasteiger partial charge on any atom is -0.317 e. The van der Waals surface area contributed by atoms with E-state index in [0.717, 1.165) is 25.9 Å². The van der Waals surface area contributed by atoms with Gasteiger partial charge in [-0.2, -0.15) is 0 Å². The normalized spacial score (nSPS) is 16.9. The maximum absolute atomic E-state index is 7.06. The second kappa shape index (κ2) is 7.18. The zero-order valence-electron chi connectivity index (χ0n) is 8.54. The van der Waals surface area contributed by atoms with Crippen molar-refractivity contribution in [2.24, 2.45) is 0 Å². The van der Waals surface area contributed by atoms with Crippen molar-refractivity contribution in [1.29, 1.82) is 3.70 Å². The van der Waals surface area contributed by atoms with Gasteiger partial charge in [-0.3, -0.25) is 0 Å². The molecule has 8 heavy (non-hydrogen) atoms. The number of nitrogens with one attached hydrogen (secondary N) is 1. The predicted octanol–water partition coefficient (Wildman–Crippen LogP) is 0.160. The van der Waals surface area contributed by atoms with Gasteiger partial charge in [0.05, 0.1) is 0 Å². The first kappa shape index (κ1) is 4.07. The third kappa shape index (κ3) is 6.18. The van der Waals surface area contributed by atoms with Gasteiger partial charge < -0.3 is 5.32 Å². The molecular weight excluding hydrogens is 114 g/mol. The van der Waals surface area contributed by atoms with Gasteiger partial charge in [0.2, 0.25) is 0 Å². The lowest BCUT2D eigenvalue weighted by Gasteiger charge is -1.97. The van der Waals surface area contributed by atoms with E-state index >= 15 is 0 Å². The van der Waals surface area contributed by atoms with Crippen molar-refractivity contribution in [1.82, 2.24) is 5.32 Å². The highest BCUT2D eigenvalue weighted by Gasteiger charge is 1.81. The van der Waals surface area contributed by atoms with Crippen LogP contribution in [0.4, 0.5) is 0 Å². The van der Waals surface area contributed by atoms with Crippen molar-refractivity contribution in [2.45, 2.75) is 25.8 Å². The molecule has 0 radical (unpaired) electrons. The first-order chi connectivity index (χ1) is 5.06. The average Bonchev–Trinajstić information content (AvgIpc) is 1.85. The molecule has 0 rings (SSSR count). The Morgan fingerprint density at radius 2 is 2.50 bits per heavy atom. The van der Waals surface area contributed by atoms with E-state index in [0.29, 0.717) is 6.04 Å². The van der Waals surface area contributed by atoms with Crippen LogP contribution < -0.4 is 5.32 Å². The summed E-state index contributed by atoms with van der Waals surface area (Å²) in [7, 11) is -3.00. The summed E-state index contributed by atoms with van der Waals surface area (Å²) in [6, 6.07) is 0.485. The molecule has 0 bridgehead atoms. The smallest absolute Gasteiger partial charge is 0.00729 e. The van der Waals surface area contributed by atoms with Gasteiger partial charge >= 0.3 is 0 Å². The Morgan fingerprint density at radius 1 is 1.62 bits per heavy atom. The second-order valence-electron chi connectivity index (χ2n) is 1.81. The number of unbranched alkanes of at least 4 members (excludes halogenated alkanes) is 1. The Kier molecular flexibility index (Phi) is 3.65. The van der Waals surface area contributed by atoms with E-state index in [-0.39, 0.29) is 0 Å². The fourth-order valence-electron chi connectivity index (χ4n) is 0.552. The lowest BCUT2D eigenvalue weighted by atomic mass is 10.3. The van der Waals surface area contributed by atoms with Gasteiger partial charge in [0.1, 0.15) is 0 Å². The van der Waals surface area contributed by atoms with Crippen LogP contribution in [-0.4, -0.2) is 26.8 Å². The van der Waals surface area contributed by atoms with E-state index < -0.39 is 10.0 Å². The molecule has 1 N–H and O–H groups in total. The summed E-state index contributed by atoms with van der Waals surface area (Å²) in [5, 5.41) is 3.17. The predicted molar refractivity (Wildman–Crippen MR) is 42.5 cm³/mol. The van der Waals surface area contributed by atoms with Gasteiger partial charge in [-0.25, -0.2) is 0 Å². The Bertz CT molecular complexity index is 94.3. The fraction of sp³-hybridized carbons (Fsp3) is 1.00. The Balaban J connectivity index is 3.02. The molecular formula is C6H17NSi. The molecule has 0 amide bonds. The average molecular weight is 137 g/mol. The van der Waals surface area contributed by atoms with E-state index in [4.69, 9.17) is 3.70 Å². The molecule has 0 heterocycles. The Labute approximate surface area is 59.0 Å². The van der Waals surface area contributed by atoms with Crippen molar-refractivity contribution >= 4 is 10.0 Å². The van der Waals surface area contributed by atoms with Gasteiger partial charge in [-0.1, -0.05) is 19.4 Å². The molecule has 0 saturated carbocycles. The van der Waals surface area contributed by atoms with Crippen molar-refractivity contribution in [3.8, 4) is 0 Å². The van der Waals surface area contributed by atoms with Gasteiger partial charge in [0.15, 0.2) is 0 Å². The lowest BCUT2D eigenvalue weighted by molar-refractivity contribution is 0.663. The molecule has 0 aliphatic carbocycles. The quantitative estimate of drug-likeness (QED) is 0.406. The molecule has 0 unspecified atom stereocenters. The molecule has 1 nitrogen and oxygen atoms in total. The highest BCUT2D eigenvalue weighted by atomic mass is 28.1. The summed E-state index contributed by atoms with van der Waals surface area (Å²) < 4.78 is 21.2. The molecule has 0 aromatic carbocycles. The van der Waals surface area contributed by atoms with Crippen LogP contribution in [0.3, 0.4) is 0 Å². The van der Waals surface area contributed by atoms with E-state index in [2.05, 4.69) is 12.2 Å². The maximum atomic E-state index is 7.06. The van der Waals surface area contributed by atoms with Crippen molar-refractivity contribution in [2.75, 3.05) is 13.1 Å². The van der Waals surface area contributed by atoms with E-state index in [1.165, 1.54) is 0 Å². The molecule has 0 aliphatic rings. The van der Waals surface area contributed by atoms with Gasteiger partial charge in [-0.15, -0.1) is 0 Å². The first-order valence-electron chi connectivity index (χ1n) is 4.77. The Morgan fingerprint density at radius 3 is 3.12 bits per heavy atom. The van der Waals surface area contributed by atoms with Crippen LogP contribution in [0.1, 0.15) is 19.8 Å². The van der Waals surface area contributed by atoms with Crippen LogP contribution in [-0.2, 0) is 0 Å². The summed E-state index contributed by atoms with van der Waals surface area (Å²) >= 11 is 0. The largest absolute Gasteiger partial charge is 0.317 e.